The van der Waals surface area contributed by atoms with Gasteiger partial charge in [0.2, 0.25) is 0 Å². The highest BCUT2D eigenvalue weighted by atomic mass is 16.5. The first-order valence-electron chi connectivity index (χ1n) is 7.84. The van der Waals surface area contributed by atoms with Crippen LogP contribution in [0.4, 0.5) is 5.82 Å². The molecule has 1 aromatic heterocycles. The fourth-order valence-corrected chi connectivity index (χ4v) is 2.53. The Hall–Kier alpha value is -1.98. The van der Waals surface area contributed by atoms with E-state index in [1.54, 1.807) is 6.20 Å². The first kappa shape index (κ1) is 14.9. The number of benzene rings is 1. The molecule has 0 saturated carbocycles. The molecule has 116 valence electrons. The lowest BCUT2D eigenvalue weighted by atomic mass is 10.2. The van der Waals surface area contributed by atoms with Gasteiger partial charge in [-0.2, -0.15) is 0 Å². The lowest BCUT2D eigenvalue weighted by Crippen LogP contribution is -2.37. The van der Waals surface area contributed by atoms with Gasteiger partial charge in [-0.3, -0.25) is 4.90 Å². The highest BCUT2D eigenvalue weighted by Gasteiger charge is 2.09. The third-order valence-corrected chi connectivity index (χ3v) is 3.75. The number of nitrogens with zero attached hydrogens (tertiary/aromatic N) is 3. The van der Waals surface area contributed by atoms with Crippen molar-refractivity contribution in [2.75, 3.05) is 44.7 Å². The van der Waals surface area contributed by atoms with E-state index in [1.807, 2.05) is 36.4 Å². The van der Waals surface area contributed by atoms with Gasteiger partial charge in [0.15, 0.2) is 5.82 Å². The van der Waals surface area contributed by atoms with Crippen LogP contribution in [0.5, 0.6) is 0 Å². The number of rotatable bonds is 6. The minimum absolute atomic E-state index is 0.763. The minimum atomic E-state index is 0.763. The van der Waals surface area contributed by atoms with Crippen LogP contribution in [0.25, 0.3) is 11.4 Å². The summed E-state index contributed by atoms with van der Waals surface area (Å²) in [4.78, 5) is 11.4. The summed E-state index contributed by atoms with van der Waals surface area (Å²) in [6, 6.07) is 12.0. The van der Waals surface area contributed by atoms with Gasteiger partial charge in [0.1, 0.15) is 5.82 Å². The molecular formula is C17H22N4O. The molecule has 1 aliphatic rings. The largest absolute Gasteiger partial charge is 0.379 e. The molecule has 22 heavy (non-hydrogen) atoms. The molecule has 0 bridgehead atoms. The second kappa shape index (κ2) is 7.87. The van der Waals surface area contributed by atoms with Gasteiger partial charge in [0.05, 0.1) is 13.2 Å². The second-order valence-electron chi connectivity index (χ2n) is 5.37. The zero-order valence-corrected chi connectivity index (χ0v) is 12.7. The van der Waals surface area contributed by atoms with Gasteiger partial charge >= 0.3 is 0 Å². The Kier molecular flexibility index (Phi) is 5.34. The Balaban J connectivity index is 1.48. The number of aromatic nitrogens is 2. The van der Waals surface area contributed by atoms with Gasteiger partial charge in [0, 0.05) is 31.4 Å². The Bertz CT molecular complexity index is 570. The number of morpholine rings is 1. The predicted octanol–water partition coefficient (Wildman–Crippen LogP) is 2.28. The van der Waals surface area contributed by atoms with Crippen molar-refractivity contribution in [2.24, 2.45) is 0 Å². The summed E-state index contributed by atoms with van der Waals surface area (Å²) < 4.78 is 5.36. The maximum Gasteiger partial charge on any atom is 0.161 e. The number of nitrogens with one attached hydrogen (secondary N) is 1. The topological polar surface area (TPSA) is 50.3 Å². The van der Waals surface area contributed by atoms with Crippen molar-refractivity contribution in [3.05, 3.63) is 42.6 Å². The van der Waals surface area contributed by atoms with Crippen LogP contribution in [-0.2, 0) is 4.74 Å². The van der Waals surface area contributed by atoms with Crippen LogP contribution in [0.1, 0.15) is 6.42 Å². The molecule has 0 radical (unpaired) electrons. The van der Waals surface area contributed by atoms with Crippen LogP contribution >= 0.6 is 0 Å². The first-order valence-corrected chi connectivity index (χ1v) is 7.84. The predicted molar refractivity (Wildman–Crippen MR) is 87.8 cm³/mol. The van der Waals surface area contributed by atoms with Crippen LogP contribution in [0.3, 0.4) is 0 Å². The van der Waals surface area contributed by atoms with Crippen LogP contribution in [0.2, 0.25) is 0 Å². The second-order valence-corrected chi connectivity index (χ2v) is 5.37. The zero-order chi connectivity index (χ0) is 15.0. The molecule has 2 heterocycles. The summed E-state index contributed by atoms with van der Waals surface area (Å²) >= 11 is 0. The lowest BCUT2D eigenvalue weighted by molar-refractivity contribution is 0.0378. The molecule has 5 nitrogen and oxygen atoms in total. The number of hydrogen-bond donors (Lipinski definition) is 1. The molecule has 0 amide bonds. The summed E-state index contributed by atoms with van der Waals surface area (Å²) in [5.74, 6) is 1.65. The van der Waals surface area contributed by atoms with Gasteiger partial charge in [0.25, 0.3) is 0 Å². The molecule has 0 spiro atoms. The fraction of sp³-hybridized carbons (Fsp3) is 0.412. The summed E-state index contributed by atoms with van der Waals surface area (Å²) in [5.41, 5.74) is 1.04. The Labute approximate surface area is 131 Å². The molecule has 0 atom stereocenters. The van der Waals surface area contributed by atoms with Crippen molar-refractivity contribution in [2.45, 2.75) is 6.42 Å². The van der Waals surface area contributed by atoms with Crippen molar-refractivity contribution in [1.82, 2.24) is 14.9 Å². The van der Waals surface area contributed by atoms with Crippen molar-refractivity contribution in [3.63, 3.8) is 0 Å². The first-order chi connectivity index (χ1) is 10.9. The van der Waals surface area contributed by atoms with E-state index >= 15 is 0 Å². The highest BCUT2D eigenvalue weighted by Crippen LogP contribution is 2.15. The van der Waals surface area contributed by atoms with Crippen LogP contribution < -0.4 is 5.32 Å². The molecule has 0 unspecified atom stereocenters. The van der Waals surface area contributed by atoms with Crippen LogP contribution in [0, 0.1) is 0 Å². The summed E-state index contributed by atoms with van der Waals surface area (Å²) in [6.07, 6.45) is 2.91. The molecule has 1 aromatic carbocycles. The molecule has 1 fully saturated rings. The van der Waals surface area contributed by atoms with Gasteiger partial charge in [-0.25, -0.2) is 9.97 Å². The molecule has 5 heteroatoms. The van der Waals surface area contributed by atoms with Crippen molar-refractivity contribution in [3.8, 4) is 11.4 Å². The monoisotopic (exact) mass is 298 g/mol. The molecule has 1 aliphatic heterocycles. The van der Waals surface area contributed by atoms with Crippen LogP contribution in [0.15, 0.2) is 42.6 Å². The Morgan fingerprint density at radius 1 is 1.09 bits per heavy atom. The van der Waals surface area contributed by atoms with Crippen molar-refractivity contribution < 1.29 is 4.74 Å². The fourth-order valence-electron chi connectivity index (χ4n) is 2.53. The Morgan fingerprint density at radius 3 is 2.73 bits per heavy atom. The molecule has 3 rings (SSSR count). The van der Waals surface area contributed by atoms with E-state index in [1.165, 1.54) is 0 Å². The molecular weight excluding hydrogens is 276 g/mol. The van der Waals surface area contributed by atoms with E-state index in [4.69, 9.17) is 4.74 Å². The van der Waals surface area contributed by atoms with Gasteiger partial charge in [-0.15, -0.1) is 0 Å². The Morgan fingerprint density at radius 2 is 1.91 bits per heavy atom. The van der Waals surface area contributed by atoms with E-state index in [-0.39, 0.29) is 0 Å². The average Bonchev–Trinajstić information content (AvgIpc) is 2.61. The van der Waals surface area contributed by atoms with Gasteiger partial charge in [-0.05, 0) is 19.0 Å². The molecule has 2 aromatic rings. The van der Waals surface area contributed by atoms with E-state index in [0.717, 1.165) is 63.0 Å². The lowest BCUT2D eigenvalue weighted by Gasteiger charge is -2.26. The average molecular weight is 298 g/mol. The van der Waals surface area contributed by atoms with Gasteiger partial charge < -0.3 is 10.1 Å². The minimum Gasteiger partial charge on any atom is -0.379 e. The van der Waals surface area contributed by atoms with E-state index < -0.39 is 0 Å². The molecule has 1 N–H and O–H groups in total. The third-order valence-electron chi connectivity index (χ3n) is 3.75. The SMILES string of the molecule is c1ccc(-c2nccc(NCCCN3CCOCC3)n2)cc1. The third kappa shape index (κ3) is 4.26. The maximum absolute atomic E-state index is 5.36. The highest BCUT2D eigenvalue weighted by molar-refractivity contribution is 5.56. The molecule has 1 saturated heterocycles. The van der Waals surface area contributed by atoms with Gasteiger partial charge in [-0.1, -0.05) is 30.3 Å². The van der Waals surface area contributed by atoms with E-state index in [0.29, 0.717) is 0 Å². The number of ether oxygens (including phenoxy) is 1. The maximum atomic E-state index is 5.36. The number of hydrogen-bond acceptors (Lipinski definition) is 5. The number of anilines is 1. The quantitative estimate of drug-likeness (QED) is 0.829. The van der Waals surface area contributed by atoms with E-state index in [9.17, 15) is 0 Å². The molecule has 0 aliphatic carbocycles. The smallest absolute Gasteiger partial charge is 0.161 e. The standard InChI is InChI=1S/C17H22N4O/c1-2-5-15(6-3-1)17-19-9-7-16(20-17)18-8-4-10-21-11-13-22-14-12-21/h1-3,5-7,9H,4,8,10-14H2,(H,18,19,20). The summed E-state index contributed by atoms with van der Waals surface area (Å²) in [5, 5.41) is 3.39. The summed E-state index contributed by atoms with van der Waals surface area (Å²) in [7, 11) is 0. The van der Waals surface area contributed by atoms with Crippen molar-refractivity contribution in [1.29, 1.82) is 0 Å². The summed E-state index contributed by atoms with van der Waals surface area (Å²) in [6.45, 7) is 5.84. The van der Waals surface area contributed by atoms with Crippen molar-refractivity contribution >= 4 is 5.82 Å². The normalized spacial score (nSPS) is 15.6. The van der Waals surface area contributed by atoms with E-state index in [2.05, 4.69) is 20.2 Å². The zero-order valence-electron chi connectivity index (χ0n) is 12.7. The van der Waals surface area contributed by atoms with Crippen LogP contribution in [-0.4, -0.2) is 54.3 Å².